The molecule has 0 amide bonds. The molecule has 24 heavy (non-hydrogen) atoms. The minimum absolute atomic E-state index is 0.547. The standard InChI is InChI=1S/C19H14BNO3/c21-15-16-11-13-19(14-12-16)24-20(22-17-7-3-1-4-8-17)23-18-9-5-2-6-10-18/h1-14H. The van der Waals surface area contributed by atoms with Gasteiger partial charge in [0.05, 0.1) is 11.6 Å². The fraction of sp³-hybridized carbons (Fsp3) is 0. The fourth-order valence-corrected chi connectivity index (χ4v) is 2.01. The molecular weight excluding hydrogens is 301 g/mol. The quantitative estimate of drug-likeness (QED) is 0.643. The maximum atomic E-state index is 8.86. The topological polar surface area (TPSA) is 51.5 Å². The van der Waals surface area contributed by atoms with Crippen molar-refractivity contribution in [3.63, 3.8) is 0 Å². The predicted octanol–water partition coefficient (Wildman–Crippen LogP) is 4.08. The molecule has 3 aromatic rings. The highest BCUT2D eigenvalue weighted by atomic mass is 16.7. The van der Waals surface area contributed by atoms with Crippen molar-refractivity contribution in [3.05, 3.63) is 90.5 Å². The Labute approximate surface area is 141 Å². The molecule has 0 radical (unpaired) electrons. The first-order chi connectivity index (χ1) is 11.8. The maximum Gasteiger partial charge on any atom is 0.864 e. The van der Waals surface area contributed by atoms with Gasteiger partial charge in [-0.05, 0) is 48.5 Å². The molecule has 0 aliphatic carbocycles. The Hall–Kier alpha value is -3.39. The van der Waals surface area contributed by atoms with Crippen LogP contribution >= 0.6 is 0 Å². The summed E-state index contributed by atoms with van der Waals surface area (Å²) >= 11 is 0. The lowest BCUT2D eigenvalue weighted by Gasteiger charge is -2.16. The van der Waals surface area contributed by atoms with Crippen molar-refractivity contribution in [1.29, 1.82) is 5.26 Å². The summed E-state index contributed by atoms with van der Waals surface area (Å²) in [5.74, 6) is 1.81. The maximum absolute atomic E-state index is 8.86. The van der Waals surface area contributed by atoms with E-state index in [0.717, 1.165) is 0 Å². The van der Waals surface area contributed by atoms with E-state index >= 15 is 0 Å². The molecule has 0 saturated heterocycles. The molecule has 0 N–H and O–H groups in total. The van der Waals surface area contributed by atoms with E-state index in [1.807, 2.05) is 60.7 Å². The Balaban J connectivity index is 1.76. The first kappa shape index (κ1) is 15.5. The molecule has 4 nitrogen and oxygen atoms in total. The zero-order chi connectivity index (χ0) is 16.6. The van der Waals surface area contributed by atoms with Crippen LogP contribution in [0.15, 0.2) is 84.9 Å². The van der Waals surface area contributed by atoms with E-state index in [1.165, 1.54) is 0 Å². The molecule has 0 heterocycles. The normalized spacial score (nSPS) is 9.62. The number of nitriles is 1. The van der Waals surface area contributed by atoms with Crippen LogP contribution < -0.4 is 14.0 Å². The lowest BCUT2D eigenvalue weighted by atomic mass is 10.1. The molecule has 116 valence electrons. The summed E-state index contributed by atoms with van der Waals surface area (Å²) in [4.78, 5) is 0. The number of hydrogen-bond donors (Lipinski definition) is 0. The summed E-state index contributed by atoms with van der Waals surface area (Å²) in [7, 11) is -0.956. The summed E-state index contributed by atoms with van der Waals surface area (Å²) in [6.45, 7) is 0. The summed E-state index contributed by atoms with van der Waals surface area (Å²) < 4.78 is 17.3. The Morgan fingerprint density at radius 1 is 0.583 bits per heavy atom. The average Bonchev–Trinajstić information content (AvgIpc) is 2.64. The summed E-state index contributed by atoms with van der Waals surface area (Å²) in [5.41, 5.74) is 0.562. The van der Waals surface area contributed by atoms with Crippen LogP contribution in [0.25, 0.3) is 0 Å². The summed E-state index contributed by atoms with van der Waals surface area (Å²) in [6, 6.07) is 27.4. The van der Waals surface area contributed by atoms with E-state index in [-0.39, 0.29) is 0 Å². The van der Waals surface area contributed by atoms with Crippen molar-refractivity contribution in [2.75, 3.05) is 0 Å². The second-order valence-electron chi connectivity index (χ2n) is 4.90. The van der Waals surface area contributed by atoms with Gasteiger partial charge in [-0.15, -0.1) is 0 Å². The lowest BCUT2D eigenvalue weighted by Crippen LogP contribution is -2.36. The first-order valence-electron chi connectivity index (χ1n) is 7.44. The summed E-state index contributed by atoms with van der Waals surface area (Å²) in [6.07, 6.45) is 0. The van der Waals surface area contributed by atoms with Gasteiger partial charge in [-0.25, -0.2) is 0 Å². The van der Waals surface area contributed by atoms with Gasteiger partial charge in [0, 0.05) is 0 Å². The van der Waals surface area contributed by atoms with Crippen molar-refractivity contribution in [2.24, 2.45) is 0 Å². The predicted molar refractivity (Wildman–Crippen MR) is 91.7 cm³/mol. The van der Waals surface area contributed by atoms with Crippen molar-refractivity contribution in [3.8, 4) is 23.3 Å². The number of para-hydroxylation sites is 2. The molecule has 3 rings (SSSR count). The molecule has 0 bridgehead atoms. The second kappa shape index (κ2) is 7.75. The largest absolute Gasteiger partial charge is 0.864 e. The van der Waals surface area contributed by atoms with E-state index in [2.05, 4.69) is 6.07 Å². The smallest absolute Gasteiger partial charge is 0.490 e. The molecule has 5 heteroatoms. The third-order valence-electron chi connectivity index (χ3n) is 3.17. The Bertz CT molecular complexity index is 760. The van der Waals surface area contributed by atoms with E-state index in [9.17, 15) is 0 Å². The average molecular weight is 315 g/mol. The molecule has 0 saturated carbocycles. The zero-order valence-electron chi connectivity index (χ0n) is 12.8. The van der Waals surface area contributed by atoms with Crippen LogP contribution in [0.2, 0.25) is 0 Å². The van der Waals surface area contributed by atoms with E-state index in [0.29, 0.717) is 22.8 Å². The third kappa shape index (κ3) is 4.31. The second-order valence-corrected chi connectivity index (χ2v) is 4.90. The zero-order valence-corrected chi connectivity index (χ0v) is 12.8. The number of rotatable bonds is 6. The van der Waals surface area contributed by atoms with Gasteiger partial charge >= 0.3 is 7.32 Å². The monoisotopic (exact) mass is 315 g/mol. The Morgan fingerprint density at radius 3 is 1.42 bits per heavy atom. The fourth-order valence-electron chi connectivity index (χ4n) is 2.01. The van der Waals surface area contributed by atoms with Crippen LogP contribution in [0.5, 0.6) is 17.2 Å². The highest BCUT2D eigenvalue weighted by Gasteiger charge is 2.30. The first-order valence-corrected chi connectivity index (χ1v) is 7.44. The van der Waals surface area contributed by atoms with Gasteiger partial charge < -0.3 is 14.0 Å². The van der Waals surface area contributed by atoms with Crippen molar-refractivity contribution in [2.45, 2.75) is 0 Å². The van der Waals surface area contributed by atoms with Crippen molar-refractivity contribution in [1.82, 2.24) is 0 Å². The van der Waals surface area contributed by atoms with Gasteiger partial charge in [-0.3, -0.25) is 0 Å². The van der Waals surface area contributed by atoms with Gasteiger partial charge in [-0.2, -0.15) is 5.26 Å². The van der Waals surface area contributed by atoms with E-state index in [1.54, 1.807) is 24.3 Å². The Kier molecular flexibility index (Phi) is 5.01. The van der Waals surface area contributed by atoms with E-state index in [4.69, 9.17) is 19.2 Å². The van der Waals surface area contributed by atoms with Crippen LogP contribution in [0.4, 0.5) is 0 Å². The minimum atomic E-state index is -0.956. The SMILES string of the molecule is N#Cc1ccc(OB(Oc2ccccc2)Oc2ccccc2)cc1. The van der Waals surface area contributed by atoms with Gasteiger partial charge in [0.2, 0.25) is 0 Å². The molecule has 0 aliphatic rings. The molecule has 3 aromatic carbocycles. The molecule has 0 atom stereocenters. The number of nitrogens with zero attached hydrogens (tertiary/aromatic N) is 1. The highest BCUT2D eigenvalue weighted by Crippen LogP contribution is 2.18. The van der Waals surface area contributed by atoms with Crippen LogP contribution in [-0.4, -0.2) is 7.32 Å². The van der Waals surface area contributed by atoms with Gasteiger partial charge in [0.1, 0.15) is 17.2 Å². The summed E-state index contributed by atoms with van der Waals surface area (Å²) in [5, 5.41) is 8.86. The van der Waals surface area contributed by atoms with Gasteiger partial charge in [0.25, 0.3) is 0 Å². The van der Waals surface area contributed by atoms with Gasteiger partial charge in [-0.1, -0.05) is 36.4 Å². The van der Waals surface area contributed by atoms with E-state index < -0.39 is 7.32 Å². The van der Waals surface area contributed by atoms with Crippen LogP contribution in [0.1, 0.15) is 5.56 Å². The van der Waals surface area contributed by atoms with Crippen molar-refractivity contribution < 1.29 is 14.0 Å². The molecule has 0 fully saturated rings. The number of hydrogen-bond acceptors (Lipinski definition) is 4. The minimum Gasteiger partial charge on any atom is -0.490 e. The van der Waals surface area contributed by atoms with Crippen LogP contribution in [0.3, 0.4) is 0 Å². The van der Waals surface area contributed by atoms with Crippen molar-refractivity contribution >= 4 is 7.32 Å². The van der Waals surface area contributed by atoms with Crippen LogP contribution in [0, 0.1) is 11.3 Å². The molecule has 0 aliphatic heterocycles. The third-order valence-corrected chi connectivity index (χ3v) is 3.17. The molecule has 0 spiro atoms. The molecular formula is C19H14BNO3. The molecule has 0 unspecified atom stereocenters. The highest BCUT2D eigenvalue weighted by molar-refractivity contribution is 6.39. The van der Waals surface area contributed by atoms with Gasteiger partial charge in [0.15, 0.2) is 0 Å². The molecule has 0 aromatic heterocycles. The van der Waals surface area contributed by atoms with Crippen LogP contribution in [-0.2, 0) is 0 Å². The lowest BCUT2D eigenvalue weighted by molar-refractivity contribution is 0.307. The number of benzene rings is 3. The Morgan fingerprint density at radius 2 is 1.00 bits per heavy atom.